The van der Waals surface area contributed by atoms with E-state index in [9.17, 15) is 4.79 Å². The van der Waals surface area contributed by atoms with Crippen LogP contribution in [0.2, 0.25) is 0 Å². The molecule has 0 fully saturated rings. The third-order valence-electron chi connectivity index (χ3n) is 2.14. The van der Waals surface area contributed by atoms with Gasteiger partial charge in [-0.25, -0.2) is 4.98 Å². The van der Waals surface area contributed by atoms with Crippen LogP contribution < -0.4 is 10.5 Å². The number of hydrogen-bond acceptors (Lipinski definition) is 4. The van der Waals surface area contributed by atoms with E-state index in [-0.39, 0.29) is 11.6 Å². The van der Waals surface area contributed by atoms with Crippen LogP contribution in [-0.4, -0.2) is 22.6 Å². The minimum atomic E-state index is -0.145. The summed E-state index contributed by atoms with van der Waals surface area (Å²) in [4.78, 5) is 20.1. The van der Waals surface area contributed by atoms with Gasteiger partial charge in [0.05, 0.1) is 18.8 Å². The summed E-state index contributed by atoms with van der Waals surface area (Å²) in [6, 6.07) is 2.30. The van der Waals surface area contributed by atoms with Crippen molar-refractivity contribution in [2.24, 2.45) is 0 Å². The third-order valence-corrected chi connectivity index (χ3v) is 3.11. The second-order valence-corrected chi connectivity index (χ2v) is 4.64. The van der Waals surface area contributed by atoms with E-state index in [1.165, 1.54) is 6.33 Å². The van der Waals surface area contributed by atoms with E-state index in [2.05, 4.69) is 16.0 Å². The lowest BCUT2D eigenvalue weighted by molar-refractivity contribution is 0.672. The Morgan fingerprint density at radius 1 is 1.69 bits per heavy atom. The van der Waals surface area contributed by atoms with Crippen LogP contribution in [0.5, 0.6) is 0 Å². The first-order chi connectivity index (χ1) is 7.57. The van der Waals surface area contributed by atoms with Crippen molar-refractivity contribution in [1.82, 2.24) is 9.97 Å². The Morgan fingerprint density at radius 3 is 2.94 bits per heavy atom. The van der Waals surface area contributed by atoms with Crippen LogP contribution in [0.1, 0.15) is 20.3 Å². The van der Waals surface area contributed by atoms with Crippen LogP contribution in [0.25, 0.3) is 0 Å². The van der Waals surface area contributed by atoms with Gasteiger partial charge in [-0.2, -0.15) is 5.26 Å². The maximum atomic E-state index is 11.4. The highest BCUT2D eigenvalue weighted by atomic mass is 127. The Kier molecular flexibility index (Phi) is 4.73. The minimum Gasteiger partial charge on any atom is -0.352 e. The van der Waals surface area contributed by atoms with Crippen LogP contribution in [0.3, 0.4) is 0 Å². The van der Waals surface area contributed by atoms with E-state index in [4.69, 9.17) is 5.26 Å². The molecule has 0 bridgehead atoms. The van der Waals surface area contributed by atoms with Crippen molar-refractivity contribution in [3.05, 3.63) is 20.3 Å². The third kappa shape index (κ3) is 2.95. The summed E-state index contributed by atoms with van der Waals surface area (Å²) in [5.74, 6) is 0.648. The molecule has 0 spiro atoms. The van der Waals surface area contributed by atoms with Gasteiger partial charge in [0.1, 0.15) is 9.39 Å². The second kappa shape index (κ2) is 5.84. The molecule has 16 heavy (non-hydrogen) atoms. The summed E-state index contributed by atoms with van der Waals surface area (Å²) in [7, 11) is 0. The summed E-state index contributed by atoms with van der Waals surface area (Å²) in [5, 5.41) is 8.60. The lowest BCUT2D eigenvalue weighted by Gasteiger charge is -2.27. The molecule has 0 unspecified atom stereocenters. The molecule has 5 nitrogen and oxygen atoms in total. The second-order valence-electron chi connectivity index (χ2n) is 3.56. The summed E-state index contributed by atoms with van der Waals surface area (Å²) in [6.07, 6.45) is 1.81. The zero-order valence-electron chi connectivity index (χ0n) is 9.20. The molecule has 6 heteroatoms. The first-order valence-corrected chi connectivity index (χ1v) is 6.02. The molecule has 0 radical (unpaired) electrons. The number of nitriles is 1. The highest BCUT2D eigenvalue weighted by molar-refractivity contribution is 14.1. The maximum absolute atomic E-state index is 11.4. The summed E-state index contributed by atoms with van der Waals surface area (Å²) in [6.45, 7) is 4.60. The predicted molar refractivity (Wildman–Crippen MR) is 70.3 cm³/mol. The Labute approximate surface area is 108 Å². The van der Waals surface area contributed by atoms with Gasteiger partial charge < -0.3 is 9.88 Å². The Bertz CT molecular complexity index is 449. The van der Waals surface area contributed by atoms with Crippen LogP contribution in [0.15, 0.2) is 11.1 Å². The zero-order valence-corrected chi connectivity index (χ0v) is 11.4. The van der Waals surface area contributed by atoms with Crippen LogP contribution >= 0.6 is 22.6 Å². The number of anilines is 1. The molecule has 0 amide bonds. The number of H-pyrrole nitrogens is 1. The van der Waals surface area contributed by atoms with Gasteiger partial charge in [0.2, 0.25) is 0 Å². The Morgan fingerprint density at radius 2 is 2.38 bits per heavy atom. The van der Waals surface area contributed by atoms with Crippen molar-refractivity contribution < 1.29 is 0 Å². The van der Waals surface area contributed by atoms with E-state index >= 15 is 0 Å². The number of rotatable bonds is 4. The SMILES string of the molecule is CC(C)N(CCC#N)c1nc[nH]c(=O)c1I. The first-order valence-electron chi connectivity index (χ1n) is 4.94. The lowest BCUT2D eigenvalue weighted by atomic mass is 10.3. The highest BCUT2D eigenvalue weighted by Gasteiger charge is 2.16. The molecule has 1 N–H and O–H groups in total. The lowest BCUT2D eigenvalue weighted by Crippen LogP contribution is -2.34. The number of aromatic amines is 1. The smallest absolute Gasteiger partial charge is 0.266 e. The van der Waals surface area contributed by atoms with Crippen molar-refractivity contribution >= 4 is 28.4 Å². The van der Waals surface area contributed by atoms with Gasteiger partial charge in [0.25, 0.3) is 5.56 Å². The molecule has 0 aliphatic rings. The summed E-state index contributed by atoms with van der Waals surface area (Å²) >= 11 is 1.97. The molecular formula is C10H13IN4O. The molecule has 1 aromatic heterocycles. The normalized spacial score (nSPS) is 10.2. The van der Waals surface area contributed by atoms with Gasteiger partial charge in [0.15, 0.2) is 0 Å². The molecule has 0 atom stereocenters. The van der Waals surface area contributed by atoms with E-state index in [1.807, 2.05) is 41.3 Å². The molecule has 0 saturated heterocycles. The van der Waals surface area contributed by atoms with Crippen LogP contribution in [0.4, 0.5) is 5.82 Å². The fourth-order valence-electron chi connectivity index (χ4n) is 1.35. The van der Waals surface area contributed by atoms with Gasteiger partial charge in [0, 0.05) is 12.6 Å². The Balaban J connectivity index is 3.07. The topological polar surface area (TPSA) is 72.8 Å². The number of nitrogens with zero attached hydrogens (tertiary/aromatic N) is 3. The molecule has 1 heterocycles. The monoisotopic (exact) mass is 332 g/mol. The quantitative estimate of drug-likeness (QED) is 0.848. The number of nitrogens with one attached hydrogen (secondary N) is 1. The van der Waals surface area contributed by atoms with Crippen LogP contribution in [0, 0.1) is 14.9 Å². The number of aromatic nitrogens is 2. The Hall–Kier alpha value is -1.10. The van der Waals surface area contributed by atoms with Gasteiger partial charge in [-0.1, -0.05) is 0 Å². The van der Waals surface area contributed by atoms with Gasteiger partial charge in [-0.3, -0.25) is 4.79 Å². The van der Waals surface area contributed by atoms with E-state index in [0.29, 0.717) is 22.4 Å². The average Bonchev–Trinajstić information content (AvgIpc) is 2.24. The number of hydrogen-bond donors (Lipinski definition) is 1. The fraction of sp³-hybridized carbons (Fsp3) is 0.500. The molecule has 1 rings (SSSR count). The van der Waals surface area contributed by atoms with Crippen molar-refractivity contribution in [1.29, 1.82) is 5.26 Å². The molecule has 0 aliphatic heterocycles. The van der Waals surface area contributed by atoms with Crippen molar-refractivity contribution in [2.75, 3.05) is 11.4 Å². The molecular weight excluding hydrogens is 319 g/mol. The van der Waals surface area contributed by atoms with Gasteiger partial charge in [-0.05, 0) is 36.4 Å². The number of halogens is 1. The highest BCUT2D eigenvalue weighted by Crippen LogP contribution is 2.18. The predicted octanol–water partition coefficient (Wildman–Crippen LogP) is 1.50. The minimum absolute atomic E-state index is 0.145. The molecule has 0 aromatic carbocycles. The van der Waals surface area contributed by atoms with E-state index in [1.54, 1.807) is 0 Å². The van der Waals surface area contributed by atoms with Gasteiger partial charge >= 0.3 is 0 Å². The molecule has 0 aliphatic carbocycles. The largest absolute Gasteiger partial charge is 0.352 e. The standard InChI is InChI=1S/C10H13IN4O/c1-7(2)15(5-3-4-12)9-8(11)10(16)14-6-13-9/h6-7H,3,5H2,1-2H3,(H,13,14,16). The van der Waals surface area contributed by atoms with Crippen molar-refractivity contribution in [3.63, 3.8) is 0 Å². The zero-order chi connectivity index (χ0) is 12.1. The first kappa shape index (κ1) is 13.0. The van der Waals surface area contributed by atoms with Gasteiger partial charge in [-0.15, -0.1) is 0 Å². The molecule has 86 valence electrons. The molecule has 1 aromatic rings. The van der Waals surface area contributed by atoms with E-state index in [0.717, 1.165) is 0 Å². The van der Waals surface area contributed by atoms with Crippen LogP contribution in [-0.2, 0) is 0 Å². The molecule has 0 saturated carbocycles. The van der Waals surface area contributed by atoms with E-state index < -0.39 is 0 Å². The summed E-state index contributed by atoms with van der Waals surface area (Å²) < 4.78 is 0.562. The van der Waals surface area contributed by atoms with Crippen molar-refractivity contribution in [3.8, 4) is 6.07 Å². The van der Waals surface area contributed by atoms with Crippen molar-refractivity contribution in [2.45, 2.75) is 26.3 Å². The summed E-state index contributed by atoms with van der Waals surface area (Å²) in [5.41, 5.74) is -0.145. The maximum Gasteiger partial charge on any atom is 0.266 e. The fourth-order valence-corrected chi connectivity index (χ4v) is 1.96. The average molecular weight is 332 g/mol.